The summed E-state index contributed by atoms with van der Waals surface area (Å²) in [7, 11) is 0. The Hall–Kier alpha value is -1.89. The van der Waals surface area contributed by atoms with Crippen LogP contribution in [0, 0.1) is 0 Å². The second-order valence-corrected chi connectivity index (χ2v) is 6.22. The number of nitrogens with one attached hydrogen (secondary N) is 2. The highest BCUT2D eigenvalue weighted by Crippen LogP contribution is 2.42. The van der Waals surface area contributed by atoms with Gasteiger partial charge in [-0.3, -0.25) is 15.2 Å². The molecule has 2 heterocycles. The Morgan fingerprint density at radius 2 is 2.30 bits per heavy atom. The van der Waals surface area contributed by atoms with E-state index in [2.05, 4.69) is 34.3 Å². The topological polar surface area (TPSA) is 96.7 Å². The quantitative estimate of drug-likeness (QED) is 0.806. The monoisotopic (exact) mass is 291 g/mol. The van der Waals surface area contributed by atoms with Crippen molar-refractivity contribution in [3.8, 4) is 0 Å². The van der Waals surface area contributed by atoms with Crippen LogP contribution in [0.15, 0.2) is 5.38 Å². The van der Waals surface area contributed by atoms with Crippen LogP contribution in [0.1, 0.15) is 60.4 Å². The first-order chi connectivity index (χ1) is 9.56. The van der Waals surface area contributed by atoms with Crippen molar-refractivity contribution in [3.05, 3.63) is 22.5 Å². The smallest absolute Gasteiger partial charge is 0.280 e. The summed E-state index contributed by atoms with van der Waals surface area (Å²) in [6.07, 6.45) is 2.22. The molecule has 4 N–H and O–H groups in total. The molecule has 0 radical (unpaired) electrons. The number of nitrogens with zero attached hydrogens (tertiary/aromatic N) is 2. The number of nitrogens with two attached hydrogens (primary N) is 1. The van der Waals surface area contributed by atoms with Crippen molar-refractivity contribution in [3.63, 3.8) is 0 Å². The van der Waals surface area contributed by atoms with Crippen molar-refractivity contribution in [1.29, 1.82) is 0 Å². The van der Waals surface area contributed by atoms with Crippen LogP contribution in [0.2, 0.25) is 0 Å². The van der Waals surface area contributed by atoms with Gasteiger partial charge in [0.05, 0.1) is 17.1 Å². The molecule has 3 rings (SSSR count). The van der Waals surface area contributed by atoms with Gasteiger partial charge in [0.1, 0.15) is 0 Å². The third-order valence-electron chi connectivity index (χ3n) is 3.37. The molecular formula is C13H17N5OS. The number of H-pyrrole nitrogens is 1. The Bertz CT molecular complexity index is 641. The van der Waals surface area contributed by atoms with E-state index in [1.54, 1.807) is 0 Å². The van der Waals surface area contributed by atoms with Gasteiger partial charge < -0.3 is 5.73 Å². The number of hydrogen-bond acceptors (Lipinski definition) is 5. The number of hydrogen-bond donors (Lipinski definition) is 3. The minimum absolute atomic E-state index is 0.258. The Labute approximate surface area is 120 Å². The van der Waals surface area contributed by atoms with E-state index in [1.165, 1.54) is 11.3 Å². The highest BCUT2D eigenvalue weighted by atomic mass is 32.1. The molecule has 0 aliphatic heterocycles. The Kier molecular flexibility index (Phi) is 3.21. The molecule has 1 aliphatic rings. The van der Waals surface area contributed by atoms with Crippen molar-refractivity contribution in [2.45, 2.75) is 38.5 Å². The van der Waals surface area contributed by atoms with Crippen LogP contribution in [0.3, 0.4) is 0 Å². The summed E-state index contributed by atoms with van der Waals surface area (Å²) in [5, 5.41) is 12.2. The summed E-state index contributed by atoms with van der Waals surface area (Å²) in [6, 6.07) is 0. The predicted molar refractivity (Wildman–Crippen MR) is 79.1 cm³/mol. The zero-order chi connectivity index (χ0) is 14.3. The highest BCUT2D eigenvalue weighted by Gasteiger charge is 2.30. The lowest BCUT2D eigenvalue weighted by Gasteiger charge is -2.00. The number of aromatic nitrogens is 3. The van der Waals surface area contributed by atoms with E-state index in [9.17, 15) is 4.79 Å². The molecule has 0 unspecified atom stereocenters. The second-order valence-electron chi connectivity index (χ2n) is 5.36. The maximum absolute atomic E-state index is 12.2. The maximum Gasteiger partial charge on any atom is 0.280 e. The van der Waals surface area contributed by atoms with Crippen molar-refractivity contribution in [2.24, 2.45) is 0 Å². The molecular weight excluding hydrogens is 274 g/mol. The van der Waals surface area contributed by atoms with Gasteiger partial charge in [0.2, 0.25) is 0 Å². The number of rotatable bonds is 4. The number of carbonyl (C=O) groups is 1. The van der Waals surface area contributed by atoms with Gasteiger partial charge in [0.15, 0.2) is 10.8 Å². The summed E-state index contributed by atoms with van der Waals surface area (Å²) in [5.74, 6) is 0.473. The third-order valence-corrected chi connectivity index (χ3v) is 4.14. The first-order valence-corrected chi connectivity index (χ1v) is 7.54. The summed E-state index contributed by atoms with van der Waals surface area (Å²) >= 11 is 1.41. The minimum Gasteiger partial charge on any atom is -0.395 e. The lowest BCUT2D eigenvalue weighted by Crippen LogP contribution is -2.14. The van der Waals surface area contributed by atoms with Gasteiger partial charge in [-0.15, -0.1) is 11.3 Å². The van der Waals surface area contributed by atoms with Crippen molar-refractivity contribution in [1.82, 2.24) is 15.2 Å². The fourth-order valence-electron chi connectivity index (χ4n) is 1.99. The lowest BCUT2D eigenvalue weighted by molar-refractivity contribution is 0.102. The first kappa shape index (κ1) is 13.1. The van der Waals surface area contributed by atoms with E-state index in [-0.39, 0.29) is 11.6 Å². The number of nitrogen functional groups attached to an aromatic ring is 1. The Balaban J connectivity index is 1.75. The van der Waals surface area contributed by atoms with E-state index < -0.39 is 0 Å². The summed E-state index contributed by atoms with van der Waals surface area (Å²) in [5.41, 5.74) is 8.56. The standard InChI is InChI=1S/C13H17N5OS/c1-6(2)8-5-20-13(15-8)16-12(19)11-9(14)10(17-18-11)7-3-4-7/h5-7H,3-4,14H2,1-2H3,(H,17,18)(H,15,16,19). The highest BCUT2D eigenvalue weighted by molar-refractivity contribution is 7.14. The summed E-state index contributed by atoms with van der Waals surface area (Å²) in [6.45, 7) is 4.13. The first-order valence-electron chi connectivity index (χ1n) is 6.66. The largest absolute Gasteiger partial charge is 0.395 e. The van der Waals surface area contributed by atoms with Gasteiger partial charge in [-0.05, 0) is 18.8 Å². The fraction of sp³-hybridized carbons (Fsp3) is 0.462. The van der Waals surface area contributed by atoms with E-state index >= 15 is 0 Å². The fourth-order valence-corrected chi connectivity index (χ4v) is 2.85. The molecule has 106 valence electrons. The van der Waals surface area contributed by atoms with Crippen molar-refractivity contribution < 1.29 is 4.79 Å². The molecule has 0 saturated heterocycles. The van der Waals surface area contributed by atoms with E-state index in [0.29, 0.717) is 22.7 Å². The van der Waals surface area contributed by atoms with Crippen molar-refractivity contribution >= 4 is 28.1 Å². The Morgan fingerprint density at radius 1 is 1.55 bits per heavy atom. The van der Waals surface area contributed by atoms with Gasteiger partial charge in [-0.2, -0.15) is 5.10 Å². The molecule has 7 heteroatoms. The third kappa shape index (κ3) is 2.40. The minimum atomic E-state index is -0.310. The zero-order valence-corrected chi connectivity index (χ0v) is 12.3. The number of thiazole rings is 1. The molecule has 6 nitrogen and oxygen atoms in total. The van der Waals surface area contributed by atoms with Crippen molar-refractivity contribution in [2.75, 3.05) is 11.1 Å². The molecule has 1 amide bonds. The van der Waals surface area contributed by atoms with E-state index in [4.69, 9.17) is 5.73 Å². The molecule has 20 heavy (non-hydrogen) atoms. The molecule has 0 bridgehead atoms. The second kappa shape index (κ2) is 4.90. The number of amides is 1. The number of anilines is 2. The molecule has 2 aromatic heterocycles. The number of aromatic amines is 1. The molecule has 1 saturated carbocycles. The van der Waals surface area contributed by atoms with Gasteiger partial charge in [0, 0.05) is 11.3 Å². The van der Waals surface area contributed by atoms with Crippen LogP contribution in [-0.2, 0) is 0 Å². The average molecular weight is 291 g/mol. The predicted octanol–water partition coefficient (Wildman–Crippen LogP) is 2.70. The van der Waals surface area contributed by atoms with E-state index in [0.717, 1.165) is 24.2 Å². The maximum atomic E-state index is 12.2. The summed E-state index contributed by atoms with van der Waals surface area (Å²) in [4.78, 5) is 16.5. The average Bonchev–Trinajstić information content (AvgIpc) is 3.00. The summed E-state index contributed by atoms with van der Waals surface area (Å²) < 4.78 is 0. The van der Waals surface area contributed by atoms with Gasteiger partial charge in [0.25, 0.3) is 5.91 Å². The van der Waals surface area contributed by atoms with Crippen LogP contribution >= 0.6 is 11.3 Å². The van der Waals surface area contributed by atoms with Crippen LogP contribution in [0.5, 0.6) is 0 Å². The van der Waals surface area contributed by atoms with Crippen LogP contribution in [0.25, 0.3) is 0 Å². The molecule has 0 aromatic carbocycles. The molecule has 1 fully saturated rings. The molecule has 2 aromatic rings. The number of carbonyl (C=O) groups excluding carboxylic acids is 1. The molecule has 1 aliphatic carbocycles. The van der Waals surface area contributed by atoms with Crippen LogP contribution < -0.4 is 11.1 Å². The van der Waals surface area contributed by atoms with Crippen LogP contribution in [-0.4, -0.2) is 21.1 Å². The van der Waals surface area contributed by atoms with Gasteiger partial charge in [-0.25, -0.2) is 4.98 Å². The Morgan fingerprint density at radius 3 is 2.90 bits per heavy atom. The zero-order valence-electron chi connectivity index (χ0n) is 11.4. The van der Waals surface area contributed by atoms with Gasteiger partial charge >= 0.3 is 0 Å². The normalized spacial score (nSPS) is 14.8. The van der Waals surface area contributed by atoms with Crippen LogP contribution in [0.4, 0.5) is 10.8 Å². The lowest BCUT2D eigenvalue weighted by atomic mass is 10.2. The van der Waals surface area contributed by atoms with Gasteiger partial charge in [-0.1, -0.05) is 13.8 Å². The molecule has 0 spiro atoms. The molecule has 0 atom stereocenters. The SMILES string of the molecule is CC(C)c1csc(NC(=O)c2n[nH]c(C3CC3)c2N)n1. The van der Waals surface area contributed by atoms with E-state index in [1.807, 2.05) is 5.38 Å².